The number of carbonyl (C=O) groups is 1. The summed E-state index contributed by atoms with van der Waals surface area (Å²) in [6, 6.07) is 0.396. The van der Waals surface area contributed by atoms with Crippen molar-refractivity contribution in [3.05, 3.63) is 0 Å². The van der Waals surface area contributed by atoms with Crippen molar-refractivity contribution in [3.63, 3.8) is 0 Å². The van der Waals surface area contributed by atoms with Crippen LogP contribution in [0.5, 0.6) is 0 Å². The first-order chi connectivity index (χ1) is 14.5. The average Bonchev–Trinajstić information content (AvgIpc) is 2.79. The molecular weight excluding hydrogens is 521 g/mol. The van der Waals surface area contributed by atoms with Gasteiger partial charge in [-0.25, -0.2) is 0 Å². The summed E-state index contributed by atoms with van der Waals surface area (Å²) in [5.41, 5.74) is 0.259. The largest absolute Gasteiger partial charge is 0.357 e. The lowest BCUT2D eigenvalue weighted by atomic mass is 9.80. The third-order valence-corrected chi connectivity index (χ3v) is 7.93. The number of halogens is 1. The Bertz CT molecular complexity index is 568. The second-order valence-corrected chi connectivity index (χ2v) is 10.7. The van der Waals surface area contributed by atoms with Gasteiger partial charge >= 0.3 is 0 Å². The molecule has 3 rings (SSSR count). The van der Waals surface area contributed by atoms with Crippen molar-refractivity contribution < 1.29 is 4.79 Å². The molecule has 0 unspecified atom stereocenters. The van der Waals surface area contributed by atoms with Crippen molar-refractivity contribution in [3.8, 4) is 0 Å². The van der Waals surface area contributed by atoms with Gasteiger partial charge in [-0.1, -0.05) is 33.1 Å². The summed E-state index contributed by atoms with van der Waals surface area (Å²) < 4.78 is 0. The number of piperidine rings is 1. The van der Waals surface area contributed by atoms with Crippen molar-refractivity contribution in [2.24, 2.45) is 10.9 Å². The fraction of sp³-hybridized carbons (Fsp3) is 0.913. The van der Waals surface area contributed by atoms with Crippen LogP contribution in [0, 0.1) is 5.92 Å². The van der Waals surface area contributed by atoms with Crippen LogP contribution in [0.4, 0.5) is 0 Å². The van der Waals surface area contributed by atoms with Crippen molar-refractivity contribution in [1.29, 1.82) is 0 Å². The second-order valence-electron chi connectivity index (χ2n) is 9.48. The number of guanidine groups is 1. The molecule has 0 bridgehead atoms. The zero-order valence-corrected chi connectivity index (χ0v) is 23.0. The quantitative estimate of drug-likeness (QED) is 0.293. The van der Waals surface area contributed by atoms with Crippen molar-refractivity contribution >= 4 is 47.6 Å². The Morgan fingerprint density at radius 1 is 1.10 bits per heavy atom. The molecule has 31 heavy (non-hydrogen) atoms. The average molecular weight is 566 g/mol. The summed E-state index contributed by atoms with van der Waals surface area (Å²) in [4.78, 5) is 22.2. The van der Waals surface area contributed by atoms with Crippen LogP contribution in [0.1, 0.15) is 65.7 Å². The Labute approximate surface area is 211 Å². The van der Waals surface area contributed by atoms with Crippen LogP contribution in [-0.2, 0) is 4.79 Å². The van der Waals surface area contributed by atoms with E-state index in [4.69, 9.17) is 4.99 Å². The maximum atomic E-state index is 12.3. The van der Waals surface area contributed by atoms with Gasteiger partial charge < -0.3 is 15.5 Å². The number of thioether (sulfide) groups is 1. The summed E-state index contributed by atoms with van der Waals surface area (Å²) in [5.74, 6) is 3.86. The van der Waals surface area contributed by atoms with Gasteiger partial charge in [-0.05, 0) is 32.6 Å². The van der Waals surface area contributed by atoms with Crippen LogP contribution < -0.4 is 10.6 Å². The number of rotatable bonds is 6. The Balaban J connectivity index is 0.00000341. The molecule has 0 radical (unpaired) electrons. The fourth-order valence-electron chi connectivity index (χ4n) is 5.17. The highest BCUT2D eigenvalue weighted by Gasteiger charge is 2.38. The van der Waals surface area contributed by atoms with Crippen LogP contribution >= 0.6 is 35.7 Å². The fourth-order valence-corrected chi connectivity index (χ4v) is 6.07. The zero-order chi connectivity index (χ0) is 21.4. The Morgan fingerprint density at radius 3 is 2.32 bits per heavy atom. The molecule has 2 heterocycles. The summed E-state index contributed by atoms with van der Waals surface area (Å²) in [6.07, 6.45) is 8.62. The Hall–Kier alpha value is -0.220. The van der Waals surface area contributed by atoms with Crippen molar-refractivity contribution in [1.82, 2.24) is 20.4 Å². The summed E-state index contributed by atoms with van der Waals surface area (Å²) in [7, 11) is 0. The lowest BCUT2D eigenvalue weighted by Crippen LogP contribution is -2.56. The maximum absolute atomic E-state index is 12.3. The second kappa shape index (κ2) is 13.5. The molecule has 2 saturated heterocycles. The number of hydrogen-bond donors (Lipinski definition) is 2. The van der Waals surface area contributed by atoms with E-state index in [0.29, 0.717) is 6.04 Å². The summed E-state index contributed by atoms with van der Waals surface area (Å²) in [6.45, 7) is 12.0. The van der Waals surface area contributed by atoms with Gasteiger partial charge in [-0.3, -0.25) is 14.7 Å². The third-order valence-electron chi connectivity index (χ3n) is 6.98. The van der Waals surface area contributed by atoms with E-state index in [1.54, 1.807) is 0 Å². The number of nitrogens with zero attached hydrogens (tertiary/aromatic N) is 3. The van der Waals surface area contributed by atoms with Crippen LogP contribution in [0.2, 0.25) is 0 Å². The topological polar surface area (TPSA) is 60.0 Å². The number of amides is 1. The molecule has 1 saturated carbocycles. The van der Waals surface area contributed by atoms with E-state index in [-0.39, 0.29) is 41.3 Å². The minimum Gasteiger partial charge on any atom is -0.357 e. The predicted molar refractivity (Wildman–Crippen MR) is 144 cm³/mol. The minimum atomic E-state index is 0. The first kappa shape index (κ1) is 27.0. The van der Waals surface area contributed by atoms with Gasteiger partial charge in [0.2, 0.25) is 5.91 Å². The molecule has 0 atom stereocenters. The molecule has 1 aliphatic carbocycles. The zero-order valence-electron chi connectivity index (χ0n) is 19.8. The molecule has 2 N–H and O–H groups in total. The summed E-state index contributed by atoms with van der Waals surface area (Å²) >= 11 is 2.09. The van der Waals surface area contributed by atoms with E-state index < -0.39 is 0 Å². The Kier molecular flexibility index (Phi) is 11.8. The number of nitrogens with one attached hydrogen (secondary N) is 2. The standard InChI is InChI=1S/C23H43N5OS.HI/c1-4-24-22(26-20-8-12-27(13-9-20)21(29)19(2)3)25-18-23(10-6-5-7-11-23)28-14-16-30-17-15-28;/h19-20H,4-18H2,1-3H3,(H2,24,25,26);1H. The van der Waals surface area contributed by atoms with Crippen molar-refractivity contribution in [2.75, 3.05) is 50.8 Å². The van der Waals surface area contributed by atoms with E-state index in [0.717, 1.165) is 45.0 Å². The van der Waals surface area contributed by atoms with Crippen LogP contribution in [0.15, 0.2) is 4.99 Å². The van der Waals surface area contributed by atoms with E-state index in [9.17, 15) is 4.79 Å². The lowest BCUT2D eigenvalue weighted by Gasteiger charge is -2.47. The van der Waals surface area contributed by atoms with Gasteiger partial charge in [0.25, 0.3) is 0 Å². The van der Waals surface area contributed by atoms with Gasteiger partial charge in [0.1, 0.15) is 0 Å². The summed E-state index contributed by atoms with van der Waals surface area (Å²) in [5, 5.41) is 7.16. The molecule has 3 fully saturated rings. The predicted octanol–water partition coefficient (Wildman–Crippen LogP) is 3.56. The molecule has 180 valence electrons. The maximum Gasteiger partial charge on any atom is 0.225 e. The van der Waals surface area contributed by atoms with E-state index in [2.05, 4.69) is 34.2 Å². The SMILES string of the molecule is CCNC(=NCC1(N2CCSCC2)CCCCC1)NC1CCN(C(=O)C(C)C)CC1.I. The van der Waals surface area contributed by atoms with Crippen LogP contribution in [0.3, 0.4) is 0 Å². The molecule has 2 aliphatic heterocycles. The number of likely N-dealkylation sites (tertiary alicyclic amines) is 1. The monoisotopic (exact) mass is 565 g/mol. The molecule has 0 aromatic carbocycles. The highest BCUT2D eigenvalue weighted by Crippen LogP contribution is 2.35. The van der Waals surface area contributed by atoms with E-state index in [1.807, 2.05) is 18.7 Å². The van der Waals surface area contributed by atoms with E-state index >= 15 is 0 Å². The van der Waals surface area contributed by atoms with Crippen LogP contribution in [0.25, 0.3) is 0 Å². The van der Waals surface area contributed by atoms with Crippen LogP contribution in [-0.4, -0.2) is 84.0 Å². The number of carbonyl (C=O) groups excluding carboxylic acids is 1. The van der Waals surface area contributed by atoms with Gasteiger partial charge in [0, 0.05) is 61.7 Å². The van der Waals surface area contributed by atoms with Crippen molar-refractivity contribution in [2.45, 2.75) is 77.3 Å². The molecule has 0 aromatic heterocycles. The highest BCUT2D eigenvalue weighted by atomic mass is 127. The van der Waals surface area contributed by atoms with Gasteiger partial charge in [0.15, 0.2) is 5.96 Å². The normalized spacial score (nSPS) is 23.4. The van der Waals surface area contributed by atoms with Gasteiger partial charge in [0.05, 0.1) is 6.54 Å². The molecule has 8 heteroatoms. The first-order valence-electron chi connectivity index (χ1n) is 12.2. The third kappa shape index (κ3) is 7.66. The molecule has 6 nitrogen and oxygen atoms in total. The highest BCUT2D eigenvalue weighted by molar-refractivity contribution is 14.0. The smallest absolute Gasteiger partial charge is 0.225 e. The Morgan fingerprint density at radius 2 is 1.74 bits per heavy atom. The van der Waals surface area contributed by atoms with E-state index in [1.165, 1.54) is 56.7 Å². The molecule has 0 spiro atoms. The van der Waals surface area contributed by atoms with Gasteiger partial charge in [-0.2, -0.15) is 11.8 Å². The molecule has 3 aliphatic rings. The number of aliphatic imine (C=N–C) groups is 1. The minimum absolute atomic E-state index is 0. The molecular formula is C23H44IN5OS. The van der Waals surface area contributed by atoms with Gasteiger partial charge in [-0.15, -0.1) is 24.0 Å². The lowest BCUT2D eigenvalue weighted by molar-refractivity contribution is -0.135. The molecule has 1 amide bonds. The first-order valence-corrected chi connectivity index (χ1v) is 13.4. The molecule has 0 aromatic rings. The number of hydrogen-bond acceptors (Lipinski definition) is 4.